The highest BCUT2D eigenvalue weighted by Gasteiger charge is 2.75. The van der Waals surface area contributed by atoms with Gasteiger partial charge in [0.05, 0.1) is 18.3 Å². The first-order chi connectivity index (χ1) is 15.3. The van der Waals surface area contributed by atoms with Crippen molar-refractivity contribution in [2.24, 2.45) is 28.6 Å². The maximum Gasteiger partial charge on any atom is 0.304 e. The predicted octanol–water partition coefficient (Wildman–Crippen LogP) is 3.11. The van der Waals surface area contributed by atoms with Crippen molar-refractivity contribution in [1.29, 1.82) is 0 Å². The first-order valence-corrected chi connectivity index (χ1v) is 12.8. The topological polar surface area (TPSA) is 112 Å². The number of rotatable bonds is 6. The third-order valence-corrected chi connectivity index (χ3v) is 10.3. The third-order valence-electron chi connectivity index (χ3n) is 9.34. The van der Waals surface area contributed by atoms with Gasteiger partial charge in [-0.3, -0.25) is 14.4 Å². The molecule has 0 unspecified atom stereocenters. The number of carbonyl (C=O) groups is 3. The number of hydrogen-bond acceptors (Lipinski definition) is 6. The minimum absolute atomic E-state index is 0.0204. The molecule has 4 aliphatic rings. The lowest BCUT2D eigenvalue weighted by Gasteiger charge is -2.62. The first-order valence-electron chi connectivity index (χ1n) is 11.7. The smallest absolute Gasteiger partial charge is 0.304 e. The second-order valence-corrected chi connectivity index (χ2v) is 11.9. The van der Waals surface area contributed by atoms with Crippen molar-refractivity contribution < 1.29 is 34.1 Å². The van der Waals surface area contributed by atoms with Crippen LogP contribution in [0.15, 0.2) is 23.8 Å². The average molecular weight is 481 g/mol. The summed E-state index contributed by atoms with van der Waals surface area (Å²) in [5.74, 6) is -2.52. The molecule has 0 aromatic rings. The van der Waals surface area contributed by atoms with E-state index in [1.807, 2.05) is 6.92 Å². The van der Waals surface area contributed by atoms with Crippen molar-refractivity contribution >= 4 is 29.3 Å². The van der Waals surface area contributed by atoms with Crippen LogP contribution in [-0.4, -0.2) is 61.7 Å². The summed E-state index contributed by atoms with van der Waals surface area (Å²) in [6.07, 6.45) is 4.39. The van der Waals surface area contributed by atoms with Crippen molar-refractivity contribution in [3.8, 4) is 0 Å². The summed E-state index contributed by atoms with van der Waals surface area (Å²) in [6.45, 7) is 5.36. The van der Waals surface area contributed by atoms with E-state index in [0.29, 0.717) is 24.8 Å². The van der Waals surface area contributed by atoms with E-state index in [1.165, 1.54) is 23.9 Å². The van der Waals surface area contributed by atoms with Crippen LogP contribution >= 0.6 is 11.8 Å². The maximum atomic E-state index is 17.1. The molecule has 0 radical (unpaired) electrons. The summed E-state index contributed by atoms with van der Waals surface area (Å²) < 4.78 is 17.1. The molecule has 0 aromatic heterocycles. The maximum absolute atomic E-state index is 17.1. The van der Waals surface area contributed by atoms with Crippen LogP contribution in [0, 0.1) is 28.6 Å². The number of carboxylic acids is 1. The van der Waals surface area contributed by atoms with Crippen molar-refractivity contribution in [2.75, 3.05) is 11.5 Å². The van der Waals surface area contributed by atoms with Crippen LogP contribution in [-0.2, 0) is 14.4 Å². The molecular weight excluding hydrogens is 447 g/mol. The summed E-state index contributed by atoms with van der Waals surface area (Å²) >= 11 is 1.18. The van der Waals surface area contributed by atoms with Crippen LogP contribution in [0.3, 0.4) is 0 Å². The van der Waals surface area contributed by atoms with Crippen molar-refractivity contribution in [3.63, 3.8) is 0 Å². The predicted molar refractivity (Wildman–Crippen MR) is 122 cm³/mol. The highest BCUT2D eigenvalue weighted by Crippen LogP contribution is 2.70. The summed E-state index contributed by atoms with van der Waals surface area (Å²) in [6, 6.07) is 0. The first kappa shape index (κ1) is 24.6. The van der Waals surface area contributed by atoms with Crippen molar-refractivity contribution in [2.45, 2.75) is 70.2 Å². The van der Waals surface area contributed by atoms with E-state index in [9.17, 15) is 24.6 Å². The molecule has 0 amide bonds. The van der Waals surface area contributed by atoms with E-state index >= 15 is 4.39 Å². The fourth-order valence-electron chi connectivity index (χ4n) is 7.57. The van der Waals surface area contributed by atoms with E-state index in [1.54, 1.807) is 19.9 Å². The Morgan fingerprint density at radius 3 is 2.64 bits per heavy atom. The molecule has 0 aliphatic heterocycles. The Morgan fingerprint density at radius 1 is 1.27 bits per heavy atom. The Bertz CT molecular complexity index is 947. The van der Waals surface area contributed by atoms with Gasteiger partial charge in [0.15, 0.2) is 17.2 Å². The monoisotopic (exact) mass is 480 g/mol. The number of allylic oxidation sites excluding steroid dienone is 4. The summed E-state index contributed by atoms with van der Waals surface area (Å²) in [5, 5.41) is 32.0. The number of ketones is 2. The molecule has 3 N–H and O–H groups in total. The summed E-state index contributed by atoms with van der Waals surface area (Å²) in [4.78, 5) is 36.0. The second-order valence-electron chi connectivity index (χ2n) is 10.8. The molecule has 3 fully saturated rings. The lowest BCUT2D eigenvalue weighted by molar-refractivity contribution is -0.218. The average Bonchev–Trinajstić information content (AvgIpc) is 2.94. The van der Waals surface area contributed by atoms with E-state index in [-0.39, 0.29) is 41.8 Å². The Kier molecular flexibility index (Phi) is 5.98. The Morgan fingerprint density at radius 2 is 1.97 bits per heavy atom. The van der Waals surface area contributed by atoms with Crippen LogP contribution in [0.5, 0.6) is 0 Å². The lowest BCUT2D eigenvalue weighted by atomic mass is 9.44. The van der Waals surface area contributed by atoms with Crippen molar-refractivity contribution in [1.82, 2.24) is 0 Å². The highest BCUT2D eigenvalue weighted by molar-refractivity contribution is 7.99. The molecule has 0 heterocycles. The van der Waals surface area contributed by atoms with Gasteiger partial charge in [-0.2, -0.15) is 11.8 Å². The number of Topliss-reactive ketones (excluding diaryl/α,β-unsaturated/α-hetero) is 1. The molecule has 0 bridgehead atoms. The number of carbonyl (C=O) groups excluding carboxylic acids is 2. The number of hydrogen-bond donors (Lipinski definition) is 3. The number of aliphatic hydroxyl groups excluding tert-OH is 1. The fraction of sp³-hybridized carbons (Fsp3) is 0.720. The van der Waals surface area contributed by atoms with E-state index < -0.39 is 46.0 Å². The molecule has 0 aromatic carbocycles. The zero-order valence-electron chi connectivity index (χ0n) is 19.3. The van der Waals surface area contributed by atoms with Gasteiger partial charge in [0.2, 0.25) is 0 Å². The molecule has 33 heavy (non-hydrogen) atoms. The molecule has 0 spiro atoms. The van der Waals surface area contributed by atoms with Gasteiger partial charge in [-0.25, -0.2) is 4.39 Å². The SMILES string of the molecule is C[C@@H]1C[C@H]2[C@@H]3CCC4=CC(=O)C=C[C@]4(C)[C@@]3(F)[C@@H](O)C[C@]2(C)[C@@]1(O)C(=O)CSCCC(=O)O. The Balaban J connectivity index is 1.66. The van der Waals surface area contributed by atoms with Gasteiger partial charge < -0.3 is 15.3 Å². The quantitative estimate of drug-likeness (QED) is 0.501. The minimum atomic E-state index is -2.00. The molecule has 0 saturated heterocycles. The van der Waals surface area contributed by atoms with Gasteiger partial charge in [0.25, 0.3) is 0 Å². The molecule has 4 rings (SSSR count). The summed E-state index contributed by atoms with van der Waals surface area (Å²) in [5.41, 5.74) is -5.12. The molecule has 8 heteroatoms. The minimum Gasteiger partial charge on any atom is -0.481 e. The van der Waals surface area contributed by atoms with E-state index in [2.05, 4.69) is 0 Å². The molecule has 182 valence electrons. The van der Waals surface area contributed by atoms with Gasteiger partial charge in [0.1, 0.15) is 5.60 Å². The van der Waals surface area contributed by atoms with Gasteiger partial charge in [0, 0.05) is 22.5 Å². The number of aliphatic carboxylic acids is 1. The largest absolute Gasteiger partial charge is 0.481 e. The van der Waals surface area contributed by atoms with Gasteiger partial charge >= 0.3 is 5.97 Å². The molecular formula is C25H33FO6S. The Labute approximate surface area is 197 Å². The van der Waals surface area contributed by atoms with Crippen LogP contribution in [0.2, 0.25) is 0 Å². The zero-order valence-corrected chi connectivity index (χ0v) is 20.2. The van der Waals surface area contributed by atoms with Gasteiger partial charge in [-0.15, -0.1) is 0 Å². The number of carboxylic acid groups (broad SMARTS) is 1. The van der Waals surface area contributed by atoms with Gasteiger partial charge in [-0.1, -0.05) is 25.5 Å². The van der Waals surface area contributed by atoms with Crippen LogP contribution in [0.1, 0.15) is 52.9 Å². The second kappa shape index (κ2) is 8.02. The highest BCUT2D eigenvalue weighted by atomic mass is 32.2. The van der Waals surface area contributed by atoms with Crippen LogP contribution in [0.25, 0.3) is 0 Å². The number of thioether (sulfide) groups is 1. The number of aliphatic hydroxyl groups is 2. The lowest BCUT2D eigenvalue weighted by Crippen LogP contribution is -2.69. The summed E-state index contributed by atoms with van der Waals surface area (Å²) in [7, 11) is 0. The molecule has 6 nitrogen and oxygen atoms in total. The standard InChI is InChI=1S/C25H33FO6S/c1-14-10-18-17-5-4-15-11-16(27)6-8-22(15,2)24(17,26)19(28)12-23(18,3)25(14,32)20(29)13-33-9-7-21(30)31/h6,8,11,14,17-19,28,32H,4-5,7,9-10,12-13H2,1-3H3,(H,30,31)/t14-,17+,18+,19+,22+,23+,24+,25+/m1/s1. The molecule has 8 atom stereocenters. The van der Waals surface area contributed by atoms with Crippen molar-refractivity contribution in [3.05, 3.63) is 23.8 Å². The normalized spacial score (nSPS) is 46.2. The molecule has 3 saturated carbocycles. The number of alkyl halides is 1. The number of halogens is 1. The van der Waals surface area contributed by atoms with Crippen LogP contribution < -0.4 is 0 Å². The fourth-order valence-corrected chi connectivity index (χ4v) is 8.44. The van der Waals surface area contributed by atoms with E-state index in [4.69, 9.17) is 5.11 Å². The third kappa shape index (κ3) is 3.23. The Hall–Kier alpha value is -1.51. The van der Waals surface area contributed by atoms with Gasteiger partial charge in [-0.05, 0) is 56.6 Å². The molecule has 4 aliphatic carbocycles. The van der Waals surface area contributed by atoms with Crippen LogP contribution in [0.4, 0.5) is 4.39 Å². The van der Waals surface area contributed by atoms with E-state index in [0.717, 1.165) is 0 Å². The zero-order chi connectivity index (χ0) is 24.4. The number of fused-ring (bicyclic) bond motifs is 5.